The summed E-state index contributed by atoms with van der Waals surface area (Å²) in [6.45, 7) is 4.26. The molecule has 13 heavy (non-hydrogen) atoms. The lowest BCUT2D eigenvalue weighted by Gasteiger charge is -2.13. The normalized spacial score (nSPS) is 17.8. The van der Waals surface area contributed by atoms with Crippen LogP contribution < -0.4 is 4.74 Å². The van der Waals surface area contributed by atoms with Gasteiger partial charge in [-0.3, -0.25) is 10.00 Å². The first kappa shape index (κ1) is 8.56. The highest BCUT2D eigenvalue weighted by Gasteiger charge is 2.10. The van der Waals surface area contributed by atoms with E-state index in [0.717, 1.165) is 18.9 Å². The number of nitrogens with zero attached hydrogens (tertiary/aromatic N) is 2. The van der Waals surface area contributed by atoms with Crippen molar-refractivity contribution in [3.05, 3.63) is 12.4 Å². The molecule has 1 N–H and O–H groups in total. The summed E-state index contributed by atoms with van der Waals surface area (Å²) in [5, 5.41) is 6.53. The fraction of sp³-hybridized carbons (Fsp3) is 0.667. The van der Waals surface area contributed by atoms with Gasteiger partial charge in [-0.2, -0.15) is 5.10 Å². The molecule has 0 saturated carbocycles. The number of H-pyrrole nitrogens is 1. The molecule has 0 radical (unpaired) electrons. The van der Waals surface area contributed by atoms with Crippen molar-refractivity contribution in [2.45, 2.75) is 12.8 Å². The van der Waals surface area contributed by atoms with Gasteiger partial charge >= 0.3 is 0 Å². The maximum Gasteiger partial charge on any atom is 0.156 e. The molecule has 2 rings (SSSR count). The first-order chi connectivity index (χ1) is 6.45. The highest BCUT2D eigenvalue weighted by molar-refractivity contribution is 5.09. The Morgan fingerprint density at radius 1 is 1.46 bits per heavy atom. The molecule has 4 heteroatoms. The third kappa shape index (κ3) is 2.45. The van der Waals surface area contributed by atoms with Crippen molar-refractivity contribution in [1.29, 1.82) is 0 Å². The molecule has 4 nitrogen and oxygen atoms in total. The molecule has 0 aromatic carbocycles. The molecule has 0 atom stereocenters. The van der Waals surface area contributed by atoms with Crippen LogP contribution >= 0.6 is 0 Å². The minimum absolute atomic E-state index is 0.763. The fourth-order valence-corrected chi connectivity index (χ4v) is 1.62. The summed E-state index contributed by atoms with van der Waals surface area (Å²) in [6.07, 6.45) is 6.14. The van der Waals surface area contributed by atoms with Gasteiger partial charge < -0.3 is 4.74 Å². The highest BCUT2D eigenvalue weighted by atomic mass is 16.5. The fourth-order valence-electron chi connectivity index (χ4n) is 1.62. The molecule has 1 aromatic rings. The first-order valence-electron chi connectivity index (χ1n) is 4.79. The number of hydrogen-bond donors (Lipinski definition) is 1. The van der Waals surface area contributed by atoms with Crippen molar-refractivity contribution in [2.24, 2.45) is 0 Å². The molecule has 2 heterocycles. The monoisotopic (exact) mass is 181 g/mol. The van der Waals surface area contributed by atoms with Gasteiger partial charge in [0.1, 0.15) is 6.61 Å². The summed E-state index contributed by atoms with van der Waals surface area (Å²) in [4.78, 5) is 2.43. The second-order valence-electron chi connectivity index (χ2n) is 3.33. The van der Waals surface area contributed by atoms with Crippen molar-refractivity contribution in [1.82, 2.24) is 15.1 Å². The van der Waals surface area contributed by atoms with Gasteiger partial charge in [-0.25, -0.2) is 0 Å². The third-order valence-corrected chi connectivity index (χ3v) is 2.35. The van der Waals surface area contributed by atoms with Gasteiger partial charge in [0.25, 0.3) is 0 Å². The van der Waals surface area contributed by atoms with Crippen LogP contribution in [0, 0.1) is 0 Å². The lowest BCUT2D eigenvalue weighted by atomic mass is 10.4. The van der Waals surface area contributed by atoms with Crippen LogP contribution in [0.25, 0.3) is 0 Å². The Balaban J connectivity index is 1.63. The molecular weight excluding hydrogens is 166 g/mol. The molecule has 0 amide bonds. The SMILES string of the molecule is c1n[nH]cc1OCCN1CCCC1. The molecular formula is C9H15N3O. The molecule has 1 aliphatic heterocycles. The van der Waals surface area contributed by atoms with Crippen LogP contribution in [0.4, 0.5) is 0 Å². The average Bonchev–Trinajstić information content (AvgIpc) is 2.75. The summed E-state index contributed by atoms with van der Waals surface area (Å²) >= 11 is 0. The van der Waals surface area contributed by atoms with E-state index in [4.69, 9.17) is 4.74 Å². The van der Waals surface area contributed by atoms with Gasteiger partial charge in [-0.1, -0.05) is 0 Å². The number of aromatic amines is 1. The van der Waals surface area contributed by atoms with Crippen LogP contribution in [-0.2, 0) is 0 Å². The van der Waals surface area contributed by atoms with Gasteiger partial charge in [0.15, 0.2) is 5.75 Å². The molecule has 1 aromatic heterocycles. The number of aromatic nitrogens is 2. The maximum absolute atomic E-state index is 5.47. The molecule has 0 bridgehead atoms. The first-order valence-corrected chi connectivity index (χ1v) is 4.79. The largest absolute Gasteiger partial charge is 0.489 e. The van der Waals surface area contributed by atoms with Crippen molar-refractivity contribution < 1.29 is 4.74 Å². The molecule has 0 unspecified atom stereocenters. The number of nitrogens with one attached hydrogen (secondary N) is 1. The Labute approximate surface area is 77.9 Å². The zero-order valence-corrected chi connectivity index (χ0v) is 7.70. The summed E-state index contributed by atoms with van der Waals surface area (Å²) in [6, 6.07) is 0. The Morgan fingerprint density at radius 2 is 2.31 bits per heavy atom. The smallest absolute Gasteiger partial charge is 0.156 e. The van der Waals surface area contributed by atoms with Crippen LogP contribution in [0.15, 0.2) is 12.4 Å². The Morgan fingerprint density at radius 3 is 3.00 bits per heavy atom. The van der Waals surface area contributed by atoms with Gasteiger partial charge in [-0.15, -0.1) is 0 Å². The second kappa shape index (κ2) is 4.28. The zero-order chi connectivity index (χ0) is 8.93. The predicted octanol–water partition coefficient (Wildman–Crippen LogP) is 0.884. The van der Waals surface area contributed by atoms with Gasteiger partial charge in [0, 0.05) is 6.54 Å². The van der Waals surface area contributed by atoms with E-state index in [2.05, 4.69) is 15.1 Å². The van der Waals surface area contributed by atoms with E-state index in [-0.39, 0.29) is 0 Å². The van der Waals surface area contributed by atoms with E-state index >= 15 is 0 Å². The lowest BCUT2D eigenvalue weighted by Crippen LogP contribution is -2.24. The minimum Gasteiger partial charge on any atom is -0.489 e. The minimum atomic E-state index is 0.763. The second-order valence-corrected chi connectivity index (χ2v) is 3.33. The van der Waals surface area contributed by atoms with Gasteiger partial charge in [0.05, 0.1) is 12.4 Å². The van der Waals surface area contributed by atoms with E-state index in [1.807, 2.05) is 0 Å². The van der Waals surface area contributed by atoms with E-state index < -0.39 is 0 Å². The Kier molecular flexibility index (Phi) is 2.82. The predicted molar refractivity (Wildman–Crippen MR) is 49.8 cm³/mol. The summed E-state index contributed by atoms with van der Waals surface area (Å²) in [5.74, 6) is 0.833. The molecule has 72 valence electrons. The third-order valence-electron chi connectivity index (χ3n) is 2.35. The van der Waals surface area contributed by atoms with Crippen LogP contribution in [0.1, 0.15) is 12.8 Å². The molecule has 1 saturated heterocycles. The van der Waals surface area contributed by atoms with Crippen molar-refractivity contribution in [3.8, 4) is 5.75 Å². The molecule has 1 fully saturated rings. The van der Waals surface area contributed by atoms with Crippen molar-refractivity contribution in [2.75, 3.05) is 26.2 Å². The Bertz CT molecular complexity index is 229. The van der Waals surface area contributed by atoms with Gasteiger partial charge in [-0.05, 0) is 25.9 Å². The number of likely N-dealkylation sites (tertiary alicyclic amines) is 1. The molecule has 0 aliphatic carbocycles. The van der Waals surface area contributed by atoms with E-state index in [0.29, 0.717) is 0 Å². The summed E-state index contributed by atoms with van der Waals surface area (Å²) in [5.41, 5.74) is 0. The van der Waals surface area contributed by atoms with Crippen LogP contribution in [0.3, 0.4) is 0 Å². The topological polar surface area (TPSA) is 41.1 Å². The lowest BCUT2D eigenvalue weighted by molar-refractivity contribution is 0.238. The standard InChI is InChI=1S/C9H15N3O/c1-2-4-12(3-1)5-6-13-9-7-10-11-8-9/h7-8H,1-6H2,(H,10,11). The summed E-state index contributed by atoms with van der Waals surface area (Å²) in [7, 11) is 0. The van der Waals surface area contributed by atoms with E-state index in [1.165, 1.54) is 25.9 Å². The van der Waals surface area contributed by atoms with E-state index in [1.54, 1.807) is 12.4 Å². The number of rotatable bonds is 4. The maximum atomic E-state index is 5.47. The summed E-state index contributed by atoms with van der Waals surface area (Å²) < 4.78 is 5.47. The van der Waals surface area contributed by atoms with Crippen LogP contribution in [-0.4, -0.2) is 41.3 Å². The van der Waals surface area contributed by atoms with Gasteiger partial charge in [0.2, 0.25) is 0 Å². The molecule has 0 spiro atoms. The van der Waals surface area contributed by atoms with Crippen molar-refractivity contribution in [3.63, 3.8) is 0 Å². The number of hydrogen-bond acceptors (Lipinski definition) is 3. The number of ether oxygens (including phenoxy) is 1. The van der Waals surface area contributed by atoms with Crippen LogP contribution in [0.2, 0.25) is 0 Å². The average molecular weight is 181 g/mol. The quantitative estimate of drug-likeness (QED) is 0.749. The van der Waals surface area contributed by atoms with Crippen LogP contribution in [0.5, 0.6) is 5.75 Å². The Hall–Kier alpha value is -1.03. The zero-order valence-electron chi connectivity index (χ0n) is 7.70. The van der Waals surface area contributed by atoms with Crippen molar-refractivity contribution >= 4 is 0 Å². The highest BCUT2D eigenvalue weighted by Crippen LogP contribution is 2.08. The van der Waals surface area contributed by atoms with E-state index in [9.17, 15) is 0 Å². The molecule has 1 aliphatic rings.